The van der Waals surface area contributed by atoms with Gasteiger partial charge in [-0.15, -0.1) is 11.3 Å². The van der Waals surface area contributed by atoms with Crippen molar-refractivity contribution in [2.24, 2.45) is 5.92 Å². The second-order valence-electron chi connectivity index (χ2n) is 8.93. The van der Waals surface area contributed by atoms with Gasteiger partial charge in [-0.05, 0) is 44.7 Å². The summed E-state index contributed by atoms with van der Waals surface area (Å²) in [6, 6.07) is 2.40. The average Bonchev–Trinajstić information content (AvgIpc) is 3.03. The molecule has 4 heterocycles. The lowest BCUT2D eigenvalue weighted by atomic mass is 9.81. The third kappa shape index (κ3) is 3.69. The fraction of sp³-hybridized carbons (Fsp3) is 0.762. The molecule has 5 nitrogen and oxygen atoms in total. The predicted octanol–water partition coefficient (Wildman–Crippen LogP) is 2.40. The van der Waals surface area contributed by atoms with Crippen LogP contribution in [0.3, 0.4) is 0 Å². The summed E-state index contributed by atoms with van der Waals surface area (Å²) in [4.78, 5) is 19.4. The first-order valence-corrected chi connectivity index (χ1v) is 11.1. The van der Waals surface area contributed by atoms with Crippen molar-refractivity contribution >= 4 is 17.2 Å². The van der Waals surface area contributed by atoms with Crippen LogP contribution in [-0.2, 0) is 28.0 Å². The summed E-state index contributed by atoms with van der Waals surface area (Å²) in [6.07, 6.45) is 4.32. The minimum atomic E-state index is -1.25. The van der Waals surface area contributed by atoms with E-state index in [4.69, 9.17) is 4.74 Å². The third-order valence-corrected chi connectivity index (χ3v) is 7.69. The lowest BCUT2D eigenvalue weighted by Crippen LogP contribution is -2.59. The monoisotopic (exact) mass is 392 g/mol. The van der Waals surface area contributed by atoms with Gasteiger partial charge in [0.05, 0.1) is 12.2 Å². The van der Waals surface area contributed by atoms with Crippen molar-refractivity contribution in [3.8, 4) is 0 Å². The lowest BCUT2D eigenvalue weighted by molar-refractivity contribution is -0.155. The Morgan fingerprint density at radius 1 is 1.37 bits per heavy atom. The Kier molecular flexibility index (Phi) is 5.12. The summed E-state index contributed by atoms with van der Waals surface area (Å²) in [5.41, 5.74) is 0.160. The first kappa shape index (κ1) is 19.4. The van der Waals surface area contributed by atoms with Gasteiger partial charge in [0.15, 0.2) is 0 Å². The van der Waals surface area contributed by atoms with E-state index in [1.54, 1.807) is 23.6 Å². The number of aryl methyl sites for hydroxylation is 1. The van der Waals surface area contributed by atoms with Gasteiger partial charge in [0.1, 0.15) is 5.60 Å². The summed E-state index contributed by atoms with van der Waals surface area (Å²) < 4.78 is 6.37. The van der Waals surface area contributed by atoms with Crippen LogP contribution in [0.4, 0.5) is 0 Å². The zero-order chi connectivity index (χ0) is 19.2. The summed E-state index contributed by atoms with van der Waals surface area (Å²) in [5.74, 6) is 0.379. The number of thiophene rings is 1. The van der Waals surface area contributed by atoms with Crippen LogP contribution in [0.1, 0.15) is 48.9 Å². The SMILES string of the molecule is CCc1cc2c(s1)CCOC21CCN(CC2CN(C(=O)C(C)(C)O)C2)CC1. The van der Waals surface area contributed by atoms with Crippen molar-refractivity contribution in [3.63, 3.8) is 0 Å². The fourth-order valence-electron chi connectivity index (χ4n) is 4.76. The molecule has 4 rings (SSSR count). The second kappa shape index (κ2) is 7.14. The van der Waals surface area contributed by atoms with E-state index in [0.29, 0.717) is 5.92 Å². The number of piperidine rings is 1. The number of likely N-dealkylation sites (tertiary alicyclic amines) is 2. The quantitative estimate of drug-likeness (QED) is 0.855. The molecular weight excluding hydrogens is 360 g/mol. The maximum absolute atomic E-state index is 12.1. The standard InChI is InChI=1S/C21H32N2O3S/c1-4-16-11-17-18(27-16)5-10-26-21(17)6-8-22(9-7-21)12-15-13-23(14-15)19(24)20(2,3)25/h11,15,25H,4-10,12-14H2,1-3H3. The van der Waals surface area contributed by atoms with Crippen molar-refractivity contribution in [1.82, 2.24) is 9.80 Å². The molecule has 0 atom stereocenters. The minimum Gasteiger partial charge on any atom is -0.381 e. The van der Waals surface area contributed by atoms with Gasteiger partial charge < -0.3 is 19.6 Å². The van der Waals surface area contributed by atoms with Gasteiger partial charge in [-0.3, -0.25) is 4.79 Å². The minimum absolute atomic E-state index is 0.0590. The molecule has 1 aromatic heterocycles. The highest BCUT2D eigenvalue weighted by molar-refractivity contribution is 7.12. The Bertz CT molecular complexity index is 695. The molecule has 1 amide bonds. The Balaban J connectivity index is 1.31. The first-order chi connectivity index (χ1) is 12.8. The summed E-state index contributed by atoms with van der Waals surface area (Å²) >= 11 is 1.98. The highest BCUT2D eigenvalue weighted by atomic mass is 32.1. The van der Waals surface area contributed by atoms with Crippen LogP contribution in [0.5, 0.6) is 0 Å². The van der Waals surface area contributed by atoms with Gasteiger partial charge in [-0.1, -0.05) is 6.92 Å². The van der Waals surface area contributed by atoms with Crippen LogP contribution in [-0.4, -0.2) is 65.7 Å². The van der Waals surface area contributed by atoms with E-state index in [0.717, 1.165) is 65.0 Å². The highest BCUT2D eigenvalue weighted by Crippen LogP contribution is 2.44. The average molecular weight is 393 g/mol. The molecule has 27 heavy (non-hydrogen) atoms. The van der Waals surface area contributed by atoms with E-state index in [1.165, 1.54) is 10.4 Å². The number of nitrogens with zero attached hydrogens (tertiary/aromatic N) is 2. The van der Waals surface area contributed by atoms with E-state index in [-0.39, 0.29) is 11.5 Å². The van der Waals surface area contributed by atoms with Crippen LogP contribution in [0.15, 0.2) is 6.07 Å². The van der Waals surface area contributed by atoms with Gasteiger partial charge in [-0.2, -0.15) is 0 Å². The molecule has 0 aliphatic carbocycles. The Labute approximate surface area is 166 Å². The Morgan fingerprint density at radius 3 is 2.70 bits per heavy atom. The Morgan fingerprint density at radius 2 is 2.07 bits per heavy atom. The molecule has 6 heteroatoms. The van der Waals surface area contributed by atoms with E-state index in [1.807, 2.05) is 11.3 Å². The van der Waals surface area contributed by atoms with Crippen LogP contribution < -0.4 is 0 Å². The molecule has 0 saturated carbocycles. The molecular formula is C21H32N2O3S. The van der Waals surface area contributed by atoms with E-state index in [2.05, 4.69) is 17.9 Å². The number of amides is 1. The van der Waals surface area contributed by atoms with Crippen molar-refractivity contribution in [2.45, 2.75) is 57.7 Å². The van der Waals surface area contributed by atoms with E-state index in [9.17, 15) is 9.90 Å². The molecule has 150 valence electrons. The molecule has 1 aromatic rings. The van der Waals surface area contributed by atoms with Crippen LogP contribution >= 0.6 is 11.3 Å². The molecule has 2 fully saturated rings. The van der Waals surface area contributed by atoms with Crippen LogP contribution in [0.25, 0.3) is 0 Å². The number of hydrogen-bond acceptors (Lipinski definition) is 5. The maximum atomic E-state index is 12.1. The van der Waals surface area contributed by atoms with E-state index < -0.39 is 5.60 Å². The largest absolute Gasteiger partial charge is 0.381 e. The van der Waals surface area contributed by atoms with Gasteiger partial charge in [0.25, 0.3) is 5.91 Å². The molecule has 2 saturated heterocycles. The Hall–Kier alpha value is -0.950. The molecule has 1 spiro atoms. The summed E-state index contributed by atoms with van der Waals surface area (Å²) in [6.45, 7) is 10.9. The number of aliphatic hydroxyl groups is 1. The van der Waals surface area contributed by atoms with Gasteiger partial charge in [0.2, 0.25) is 0 Å². The number of rotatable bonds is 4. The zero-order valence-electron chi connectivity index (χ0n) is 16.8. The predicted molar refractivity (Wildman–Crippen MR) is 107 cm³/mol. The summed E-state index contributed by atoms with van der Waals surface area (Å²) in [5, 5.41) is 9.86. The number of fused-ring (bicyclic) bond motifs is 2. The van der Waals surface area contributed by atoms with Gasteiger partial charge in [0, 0.05) is 54.8 Å². The van der Waals surface area contributed by atoms with Crippen LogP contribution in [0.2, 0.25) is 0 Å². The molecule has 3 aliphatic heterocycles. The van der Waals surface area contributed by atoms with E-state index >= 15 is 0 Å². The fourth-order valence-corrected chi connectivity index (χ4v) is 5.94. The van der Waals surface area contributed by atoms with Crippen molar-refractivity contribution in [1.29, 1.82) is 0 Å². The maximum Gasteiger partial charge on any atom is 0.253 e. The molecule has 0 unspecified atom stereocenters. The third-order valence-electron chi connectivity index (χ3n) is 6.35. The van der Waals surface area contributed by atoms with Gasteiger partial charge in [-0.25, -0.2) is 0 Å². The molecule has 0 radical (unpaired) electrons. The van der Waals surface area contributed by atoms with Crippen LogP contribution in [0, 0.1) is 5.92 Å². The van der Waals surface area contributed by atoms with Crippen molar-refractivity contribution < 1.29 is 14.6 Å². The molecule has 0 aromatic carbocycles. The first-order valence-electron chi connectivity index (χ1n) is 10.3. The highest BCUT2D eigenvalue weighted by Gasteiger charge is 2.43. The number of carbonyl (C=O) groups excluding carboxylic acids is 1. The van der Waals surface area contributed by atoms with Gasteiger partial charge >= 0.3 is 0 Å². The van der Waals surface area contributed by atoms with Crippen molar-refractivity contribution in [3.05, 3.63) is 21.4 Å². The second-order valence-corrected chi connectivity index (χ2v) is 10.2. The zero-order valence-corrected chi connectivity index (χ0v) is 17.6. The van der Waals surface area contributed by atoms with Crippen molar-refractivity contribution in [2.75, 3.05) is 39.3 Å². The lowest BCUT2D eigenvalue weighted by Gasteiger charge is -2.47. The molecule has 3 aliphatic rings. The molecule has 1 N–H and O–H groups in total. The number of hydrogen-bond donors (Lipinski definition) is 1. The number of carbonyl (C=O) groups is 1. The normalized spacial score (nSPS) is 23.3. The topological polar surface area (TPSA) is 53.0 Å². The smallest absolute Gasteiger partial charge is 0.253 e. The number of ether oxygens (including phenoxy) is 1. The summed E-state index contributed by atoms with van der Waals surface area (Å²) in [7, 11) is 0. The molecule has 0 bridgehead atoms.